The molecule has 2 rings (SSSR count). The van der Waals surface area contributed by atoms with E-state index in [1.807, 2.05) is 0 Å². The van der Waals surface area contributed by atoms with Gasteiger partial charge in [-0.15, -0.1) is 0 Å². The second-order valence-corrected chi connectivity index (χ2v) is 2.67. The monoisotopic (exact) mass is 198 g/mol. The minimum Gasteiger partial charge on any atom is -0.500 e. The van der Waals surface area contributed by atoms with Gasteiger partial charge in [0.1, 0.15) is 11.4 Å². The lowest BCUT2D eigenvalue weighted by molar-refractivity contribution is 0.392. The lowest BCUT2D eigenvalue weighted by Gasteiger charge is -2.00. The fourth-order valence-corrected chi connectivity index (χ4v) is 1.16. The topological polar surface area (TPSA) is 50.4 Å². The third-order valence-electron chi connectivity index (χ3n) is 1.80. The molecule has 72 valence electrons. The molecule has 0 unspecified atom stereocenters. The highest BCUT2D eigenvalue weighted by molar-refractivity contribution is 5.79. The highest BCUT2D eigenvalue weighted by Gasteiger charge is 2.16. The zero-order chi connectivity index (χ0) is 10.3. The van der Waals surface area contributed by atoms with Crippen molar-refractivity contribution in [1.82, 2.24) is 0 Å². The maximum atomic E-state index is 13.2. The van der Waals surface area contributed by atoms with Gasteiger partial charge in [0.05, 0.1) is 5.39 Å². The van der Waals surface area contributed by atoms with Crippen molar-refractivity contribution in [3.8, 4) is 5.75 Å². The van der Waals surface area contributed by atoms with Crippen LogP contribution in [0, 0.1) is 11.6 Å². The number of hydrogen-bond donors (Lipinski definition) is 1. The summed E-state index contributed by atoms with van der Waals surface area (Å²) < 4.78 is 30.7. The van der Waals surface area contributed by atoms with Gasteiger partial charge in [-0.25, -0.2) is 13.6 Å². The molecular weight excluding hydrogens is 194 g/mol. The van der Waals surface area contributed by atoms with Crippen LogP contribution in [0.15, 0.2) is 27.4 Å². The van der Waals surface area contributed by atoms with Crippen molar-refractivity contribution < 1.29 is 18.3 Å². The molecule has 0 aliphatic heterocycles. The van der Waals surface area contributed by atoms with Gasteiger partial charge < -0.3 is 9.52 Å². The Morgan fingerprint density at radius 2 is 2.00 bits per heavy atom. The molecule has 0 radical (unpaired) electrons. The van der Waals surface area contributed by atoms with Gasteiger partial charge in [0, 0.05) is 0 Å². The number of benzene rings is 1. The Labute approximate surface area is 76.2 Å². The predicted molar refractivity (Wildman–Crippen MR) is 44.1 cm³/mol. The summed E-state index contributed by atoms with van der Waals surface area (Å²) in [6.45, 7) is 0. The fraction of sp³-hybridized carbons (Fsp3) is 0. The molecule has 0 saturated heterocycles. The average molecular weight is 198 g/mol. The second-order valence-electron chi connectivity index (χ2n) is 2.67. The van der Waals surface area contributed by atoms with Crippen LogP contribution in [0.4, 0.5) is 8.78 Å². The first-order chi connectivity index (χ1) is 6.61. The van der Waals surface area contributed by atoms with Gasteiger partial charge in [-0.05, 0) is 12.1 Å². The lowest BCUT2D eigenvalue weighted by atomic mass is 10.2. The standard InChI is InChI=1S/C9H4F2O3/c10-4-2-1-3-5-6(4)7(11)8(12)9(13)14-5/h1-3,12H. The molecule has 1 aromatic carbocycles. The summed E-state index contributed by atoms with van der Waals surface area (Å²) in [4.78, 5) is 10.8. The summed E-state index contributed by atoms with van der Waals surface area (Å²) in [7, 11) is 0. The first-order valence-electron chi connectivity index (χ1n) is 3.71. The molecule has 1 heterocycles. The van der Waals surface area contributed by atoms with Crippen molar-refractivity contribution in [3.63, 3.8) is 0 Å². The van der Waals surface area contributed by atoms with Gasteiger partial charge in [0.2, 0.25) is 5.75 Å². The Morgan fingerprint density at radius 1 is 1.29 bits per heavy atom. The van der Waals surface area contributed by atoms with E-state index < -0.39 is 28.4 Å². The van der Waals surface area contributed by atoms with Crippen LogP contribution in [-0.2, 0) is 0 Å². The number of fused-ring (bicyclic) bond motifs is 1. The van der Waals surface area contributed by atoms with Crippen molar-refractivity contribution in [1.29, 1.82) is 0 Å². The molecule has 0 amide bonds. The molecule has 0 fully saturated rings. The molecule has 1 N–H and O–H groups in total. The Balaban J connectivity index is 3.07. The van der Waals surface area contributed by atoms with E-state index in [9.17, 15) is 13.6 Å². The predicted octanol–water partition coefficient (Wildman–Crippen LogP) is 1.78. The summed E-state index contributed by atoms with van der Waals surface area (Å²) in [6.07, 6.45) is 0. The highest BCUT2D eigenvalue weighted by atomic mass is 19.1. The molecule has 2 aromatic rings. The third kappa shape index (κ3) is 1.06. The van der Waals surface area contributed by atoms with Crippen LogP contribution in [0.3, 0.4) is 0 Å². The van der Waals surface area contributed by atoms with E-state index >= 15 is 0 Å². The van der Waals surface area contributed by atoms with E-state index in [4.69, 9.17) is 5.11 Å². The minimum atomic E-state index is -1.30. The van der Waals surface area contributed by atoms with Gasteiger partial charge in [-0.1, -0.05) is 6.07 Å². The molecule has 0 bridgehead atoms. The van der Waals surface area contributed by atoms with Gasteiger partial charge in [-0.2, -0.15) is 0 Å². The summed E-state index contributed by atoms with van der Waals surface area (Å²) >= 11 is 0. The molecule has 0 spiro atoms. The third-order valence-corrected chi connectivity index (χ3v) is 1.80. The van der Waals surface area contributed by atoms with E-state index in [0.29, 0.717) is 0 Å². The molecule has 0 atom stereocenters. The lowest BCUT2D eigenvalue weighted by Crippen LogP contribution is -2.01. The molecule has 1 aromatic heterocycles. The maximum Gasteiger partial charge on any atom is 0.381 e. The molecule has 3 nitrogen and oxygen atoms in total. The van der Waals surface area contributed by atoms with E-state index in [1.54, 1.807) is 0 Å². The first-order valence-corrected chi connectivity index (χ1v) is 3.71. The molecule has 0 aliphatic carbocycles. The minimum absolute atomic E-state index is 0.231. The number of aromatic hydroxyl groups is 1. The van der Waals surface area contributed by atoms with E-state index in [0.717, 1.165) is 6.07 Å². The number of hydrogen-bond acceptors (Lipinski definition) is 3. The van der Waals surface area contributed by atoms with Gasteiger partial charge in [0.25, 0.3) is 0 Å². The van der Waals surface area contributed by atoms with Crippen molar-refractivity contribution in [2.45, 2.75) is 0 Å². The zero-order valence-corrected chi connectivity index (χ0v) is 6.75. The summed E-state index contributed by atoms with van der Waals surface area (Å²) in [5, 5.41) is 8.36. The Hall–Kier alpha value is -1.91. The van der Waals surface area contributed by atoms with Crippen molar-refractivity contribution in [3.05, 3.63) is 40.3 Å². The van der Waals surface area contributed by atoms with Crippen LogP contribution in [0.1, 0.15) is 0 Å². The maximum absolute atomic E-state index is 13.2. The first kappa shape index (κ1) is 8.68. The second kappa shape index (κ2) is 2.80. The quantitative estimate of drug-likeness (QED) is 0.656. The molecular formula is C9H4F2O3. The van der Waals surface area contributed by atoms with Crippen molar-refractivity contribution in [2.75, 3.05) is 0 Å². The van der Waals surface area contributed by atoms with Crippen LogP contribution < -0.4 is 5.63 Å². The largest absolute Gasteiger partial charge is 0.500 e. The van der Waals surface area contributed by atoms with Crippen LogP contribution in [0.5, 0.6) is 5.75 Å². The van der Waals surface area contributed by atoms with Gasteiger partial charge in [0.15, 0.2) is 5.82 Å². The number of halogens is 2. The fourth-order valence-electron chi connectivity index (χ4n) is 1.16. The smallest absolute Gasteiger partial charge is 0.381 e. The van der Waals surface area contributed by atoms with Crippen molar-refractivity contribution in [2.24, 2.45) is 0 Å². The molecule has 0 saturated carbocycles. The van der Waals surface area contributed by atoms with Crippen LogP contribution in [0.25, 0.3) is 11.0 Å². The van der Waals surface area contributed by atoms with Gasteiger partial charge >= 0.3 is 5.63 Å². The van der Waals surface area contributed by atoms with E-state index in [2.05, 4.69) is 4.42 Å². The van der Waals surface area contributed by atoms with Gasteiger partial charge in [-0.3, -0.25) is 0 Å². The Morgan fingerprint density at radius 3 is 2.71 bits per heavy atom. The average Bonchev–Trinajstić information content (AvgIpc) is 2.14. The Kier molecular flexibility index (Phi) is 1.73. The summed E-state index contributed by atoms with van der Waals surface area (Å²) in [5.41, 5.74) is -1.45. The van der Waals surface area contributed by atoms with E-state index in [1.165, 1.54) is 12.1 Å². The summed E-state index contributed by atoms with van der Waals surface area (Å²) in [5.74, 6) is -3.39. The molecule has 5 heteroatoms. The SMILES string of the molecule is O=c1oc2cccc(F)c2c(F)c1O. The van der Waals surface area contributed by atoms with Crippen LogP contribution in [0.2, 0.25) is 0 Å². The Bertz CT molecular complexity index is 560. The molecule has 0 aliphatic rings. The highest BCUT2D eigenvalue weighted by Crippen LogP contribution is 2.23. The normalized spacial score (nSPS) is 10.7. The van der Waals surface area contributed by atoms with Crippen molar-refractivity contribution >= 4 is 11.0 Å². The van der Waals surface area contributed by atoms with E-state index in [-0.39, 0.29) is 5.58 Å². The molecule has 14 heavy (non-hydrogen) atoms. The zero-order valence-electron chi connectivity index (χ0n) is 6.75. The summed E-state index contributed by atoms with van der Waals surface area (Å²) in [6, 6.07) is 3.52. The van der Waals surface area contributed by atoms with Crippen LogP contribution in [-0.4, -0.2) is 5.11 Å². The number of rotatable bonds is 0. The van der Waals surface area contributed by atoms with Crippen LogP contribution >= 0.6 is 0 Å².